The second kappa shape index (κ2) is 3.72. The Labute approximate surface area is 94.1 Å². The lowest BCUT2D eigenvalue weighted by molar-refractivity contribution is 0.465. The minimum atomic E-state index is 0.124. The van der Waals surface area contributed by atoms with E-state index in [2.05, 4.69) is 14.5 Å². The van der Waals surface area contributed by atoms with Crippen molar-refractivity contribution in [2.24, 2.45) is 5.73 Å². The van der Waals surface area contributed by atoms with Gasteiger partial charge in [0.2, 0.25) is 0 Å². The third-order valence-corrected chi connectivity index (χ3v) is 3.06. The summed E-state index contributed by atoms with van der Waals surface area (Å²) in [5.74, 6) is 0.936. The van der Waals surface area contributed by atoms with Crippen molar-refractivity contribution in [1.82, 2.24) is 14.5 Å². The van der Waals surface area contributed by atoms with Crippen molar-refractivity contribution >= 4 is 0 Å². The summed E-state index contributed by atoms with van der Waals surface area (Å²) in [6.45, 7) is 0.995. The molecule has 4 nitrogen and oxygen atoms in total. The average Bonchev–Trinajstić information content (AvgIpc) is 2.75. The van der Waals surface area contributed by atoms with E-state index in [1.165, 1.54) is 0 Å². The number of nitrogens with zero attached hydrogens (tertiary/aromatic N) is 3. The number of pyridine rings is 1. The Kier molecular flexibility index (Phi) is 2.22. The van der Waals surface area contributed by atoms with Crippen LogP contribution in [-0.2, 0) is 6.54 Å². The molecule has 3 heterocycles. The van der Waals surface area contributed by atoms with Crippen LogP contribution in [-0.4, -0.2) is 14.5 Å². The van der Waals surface area contributed by atoms with Gasteiger partial charge in [-0.25, -0.2) is 4.98 Å². The molecule has 2 aromatic heterocycles. The summed E-state index contributed by atoms with van der Waals surface area (Å²) >= 11 is 0. The maximum Gasteiger partial charge on any atom is 0.158 e. The van der Waals surface area contributed by atoms with Crippen LogP contribution in [0, 0.1) is 0 Å². The molecule has 1 atom stereocenters. The molecule has 1 unspecified atom stereocenters. The van der Waals surface area contributed by atoms with Gasteiger partial charge in [0.25, 0.3) is 0 Å². The molecule has 0 spiro atoms. The van der Waals surface area contributed by atoms with Gasteiger partial charge in [-0.3, -0.25) is 4.98 Å². The van der Waals surface area contributed by atoms with Crippen molar-refractivity contribution in [3.8, 4) is 11.5 Å². The van der Waals surface area contributed by atoms with E-state index in [0.29, 0.717) is 0 Å². The molecular weight excluding hydrogens is 200 g/mol. The first-order valence-corrected chi connectivity index (χ1v) is 5.58. The summed E-state index contributed by atoms with van der Waals surface area (Å²) in [5.41, 5.74) is 8.11. The van der Waals surface area contributed by atoms with Gasteiger partial charge in [0.1, 0.15) is 5.69 Å². The zero-order valence-corrected chi connectivity index (χ0v) is 9.00. The van der Waals surface area contributed by atoms with Crippen LogP contribution < -0.4 is 5.73 Å². The molecule has 4 heteroatoms. The average molecular weight is 214 g/mol. The van der Waals surface area contributed by atoms with Crippen molar-refractivity contribution in [1.29, 1.82) is 0 Å². The molecule has 1 aliphatic rings. The number of imidazole rings is 1. The van der Waals surface area contributed by atoms with E-state index < -0.39 is 0 Å². The molecule has 0 amide bonds. The number of rotatable bonds is 1. The summed E-state index contributed by atoms with van der Waals surface area (Å²) in [7, 11) is 0. The van der Waals surface area contributed by atoms with Crippen molar-refractivity contribution < 1.29 is 0 Å². The first-order chi connectivity index (χ1) is 7.86. The van der Waals surface area contributed by atoms with Crippen LogP contribution in [0.5, 0.6) is 0 Å². The minimum absolute atomic E-state index is 0.124. The van der Waals surface area contributed by atoms with Gasteiger partial charge in [-0.15, -0.1) is 0 Å². The van der Waals surface area contributed by atoms with E-state index in [9.17, 15) is 0 Å². The highest BCUT2D eigenvalue weighted by atomic mass is 15.1. The number of hydrogen-bond acceptors (Lipinski definition) is 3. The van der Waals surface area contributed by atoms with E-state index in [4.69, 9.17) is 5.73 Å². The summed E-state index contributed by atoms with van der Waals surface area (Å²) in [4.78, 5) is 8.77. The van der Waals surface area contributed by atoms with E-state index in [-0.39, 0.29) is 6.04 Å². The zero-order valence-electron chi connectivity index (χ0n) is 9.00. The van der Waals surface area contributed by atoms with Gasteiger partial charge in [0, 0.05) is 18.8 Å². The molecule has 0 fully saturated rings. The standard InChI is InChI=1S/C12H14N4/c13-9-4-3-7-16-11(9)8-15-12(16)10-5-1-2-6-14-10/h1-2,5-6,8-9H,3-4,7,13H2. The Morgan fingerprint density at radius 3 is 3.06 bits per heavy atom. The van der Waals surface area contributed by atoms with Crippen LogP contribution >= 0.6 is 0 Å². The summed E-state index contributed by atoms with van der Waals surface area (Å²) in [6, 6.07) is 6.00. The highest BCUT2D eigenvalue weighted by Gasteiger charge is 2.21. The first-order valence-electron chi connectivity index (χ1n) is 5.58. The molecule has 0 aromatic carbocycles. The molecule has 0 radical (unpaired) electrons. The van der Waals surface area contributed by atoms with Crippen molar-refractivity contribution in [3.63, 3.8) is 0 Å². The van der Waals surface area contributed by atoms with Crippen LogP contribution in [0.1, 0.15) is 24.6 Å². The molecule has 2 N–H and O–H groups in total. The molecule has 82 valence electrons. The lowest BCUT2D eigenvalue weighted by atomic mass is 10.1. The Morgan fingerprint density at radius 2 is 2.25 bits per heavy atom. The van der Waals surface area contributed by atoms with Crippen LogP contribution in [0.15, 0.2) is 30.6 Å². The van der Waals surface area contributed by atoms with Gasteiger partial charge in [-0.1, -0.05) is 6.07 Å². The van der Waals surface area contributed by atoms with Gasteiger partial charge < -0.3 is 10.3 Å². The van der Waals surface area contributed by atoms with Crippen molar-refractivity contribution in [2.45, 2.75) is 25.4 Å². The topological polar surface area (TPSA) is 56.7 Å². The third kappa shape index (κ3) is 1.42. The minimum Gasteiger partial charge on any atom is -0.325 e. The molecule has 0 aliphatic carbocycles. The maximum absolute atomic E-state index is 6.06. The van der Waals surface area contributed by atoms with E-state index in [0.717, 1.165) is 36.6 Å². The van der Waals surface area contributed by atoms with E-state index in [1.54, 1.807) is 6.20 Å². The van der Waals surface area contributed by atoms with Crippen LogP contribution in [0.25, 0.3) is 11.5 Å². The van der Waals surface area contributed by atoms with Crippen molar-refractivity contribution in [2.75, 3.05) is 0 Å². The molecule has 3 rings (SSSR count). The molecule has 16 heavy (non-hydrogen) atoms. The Hall–Kier alpha value is -1.68. The fraction of sp³-hybridized carbons (Fsp3) is 0.333. The second-order valence-corrected chi connectivity index (χ2v) is 4.12. The SMILES string of the molecule is NC1CCCn2c1cnc2-c1ccccn1. The third-order valence-electron chi connectivity index (χ3n) is 3.06. The lowest BCUT2D eigenvalue weighted by Crippen LogP contribution is -2.21. The largest absolute Gasteiger partial charge is 0.325 e. The number of fused-ring (bicyclic) bond motifs is 1. The molecule has 0 saturated heterocycles. The smallest absolute Gasteiger partial charge is 0.158 e. The van der Waals surface area contributed by atoms with Gasteiger partial charge in [0.05, 0.1) is 11.9 Å². The molecular formula is C12H14N4. The molecule has 0 saturated carbocycles. The zero-order chi connectivity index (χ0) is 11.0. The van der Waals surface area contributed by atoms with Gasteiger partial charge in [-0.2, -0.15) is 0 Å². The highest BCUT2D eigenvalue weighted by Crippen LogP contribution is 2.27. The second-order valence-electron chi connectivity index (χ2n) is 4.12. The predicted molar refractivity (Wildman–Crippen MR) is 61.6 cm³/mol. The Bertz CT molecular complexity index is 489. The predicted octanol–water partition coefficient (Wildman–Crippen LogP) is 1.74. The normalized spacial score (nSPS) is 19.4. The number of aromatic nitrogens is 3. The molecule has 2 aromatic rings. The van der Waals surface area contributed by atoms with Crippen LogP contribution in [0.2, 0.25) is 0 Å². The Balaban J connectivity index is 2.10. The first kappa shape index (κ1) is 9.54. The Morgan fingerprint density at radius 1 is 1.31 bits per heavy atom. The van der Waals surface area contributed by atoms with Crippen molar-refractivity contribution in [3.05, 3.63) is 36.3 Å². The van der Waals surface area contributed by atoms with Gasteiger partial charge in [0.15, 0.2) is 5.82 Å². The lowest BCUT2D eigenvalue weighted by Gasteiger charge is -2.21. The summed E-state index contributed by atoms with van der Waals surface area (Å²) in [6.07, 6.45) is 5.84. The van der Waals surface area contributed by atoms with E-state index >= 15 is 0 Å². The monoisotopic (exact) mass is 214 g/mol. The van der Waals surface area contributed by atoms with Gasteiger partial charge in [-0.05, 0) is 25.0 Å². The quantitative estimate of drug-likeness (QED) is 0.786. The van der Waals surface area contributed by atoms with Crippen LogP contribution in [0.4, 0.5) is 0 Å². The highest BCUT2D eigenvalue weighted by molar-refractivity contribution is 5.50. The number of hydrogen-bond donors (Lipinski definition) is 1. The van der Waals surface area contributed by atoms with Gasteiger partial charge >= 0.3 is 0 Å². The molecule has 0 bridgehead atoms. The molecule has 1 aliphatic heterocycles. The number of nitrogens with two attached hydrogens (primary N) is 1. The summed E-state index contributed by atoms with van der Waals surface area (Å²) in [5, 5.41) is 0. The summed E-state index contributed by atoms with van der Waals surface area (Å²) < 4.78 is 2.19. The fourth-order valence-corrected chi connectivity index (χ4v) is 2.24. The maximum atomic E-state index is 6.06. The van der Waals surface area contributed by atoms with Crippen LogP contribution in [0.3, 0.4) is 0 Å². The van der Waals surface area contributed by atoms with E-state index in [1.807, 2.05) is 24.4 Å². The fourth-order valence-electron chi connectivity index (χ4n) is 2.24.